The molecule has 2 aromatic rings. The van der Waals surface area contributed by atoms with Crippen molar-refractivity contribution in [1.82, 2.24) is 4.90 Å². The molecule has 1 saturated heterocycles. The highest BCUT2D eigenvalue weighted by Gasteiger charge is 2.35. The van der Waals surface area contributed by atoms with Gasteiger partial charge in [0.15, 0.2) is 0 Å². The maximum Gasteiger partial charge on any atom is 0.419 e. The lowest BCUT2D eigenvalue weighted by Crippen LogP contribution is -2.49. The van der Waals surface area contributed by atoms with Crippen LogP contribution in [0.5, 0.6) is 5.75 Å². The number of rotatable bonds is 5. The summed E-state index contributed by atoms with van der Waals surface area (Å²) in [6.45, 7) is 0.722. The lowest BCUT2D eigenvalue weighted by molar-refractivity contribution is -0.139. The lowest BCUT2D eigenvalue weighted by Gasteiger charge is -2.34. The Balaban J connectivity index is 1.56. The zero-order valence-corrected chi connectivity index (χ0v) is 17.5. The number of carbonyl (C=O) groups is 1. The molecule has 1 atom stereocenters. The number of amides is 1. The molecule has 1 heterocycles. The highest BCUT2D eigenvalue weighted by molar-refractivity contribution is 6.35. The Hall–Kier alpha value is -1.96. The van der Waals surface area contributed by atoms with Gasteiger partial charge in [-0.15, -0.1) is 0 Å². The molecule has 0 saturated carbocycles. The van der Waals surface area contributed by atoms with Gasteiger partial charge in [0.1, 0.15) is 11.9 Å². The van der Waals surface area contributed by atoms with Crippen LogP contribution in [0.25, 0.3) is 0 Å². The van der Waals surface area contributed by atoms with E-state index < -0.39 is 23.9 Å². The minimum atomic E-state index is -4.48. The van der Waals surface area contributed by atoms with Crippen LogP contribution in [0.15, 0.2) is 42.5 Å². The molecule has 9 heteroatoms. The van der Waals surface area contributed by atoms with E-state index in [4.69, 9.17) is 33.7 Å². The van der Waals surface area contributed by atoms with Gasteiger partial charge in [-0.1, -0.05) is 41.4 Å². The van der Waals surface area contributed by atoms with Crippen LogP contribution in [0, 0.1) is 0 Å². The first-order valence-corrected chi connectivity index (χ1v) is 10.2. The average Bonchev–Trinajstić information content (AvgIpc) is 2.69. The van der Waals surface area contributed by atoms with E-state index in [1.54, 1.807) is 23.1 Å². The molecule has 3 rings (SSSR count). The molecule has 2 aromatic carbocycles. The van der Waals surface area contributed by atoms with Crippen molar-refractivity contribution < 1.29 is 22.7 Å². The molecule has 0 spiro atoms. The van der Waals surface area contributed by atoms with Crippen molar-refractivity contribution in [1.29, 1.82) is 0 Å². The zero-order valence-electron chi connectivity index (χ0n) is 16.0. The number of piperidine rings is 1. The van der Waals surface area contributed by atoms with E-state index in [0.717, 1.165) is 11.6 Å². The summed E-state index contributed by atoms with van der Waals surface area (Å²) in [7, 11) is 0. The number of ether oxygens (including phenoxy) is 1. The van der Waals surface area contributed by atoms with Gasteiger partial charge in [-0.2, -0.15) is 13.2 Å². The Labute approximate surface area is 182 Å². The van der Waals surface area contributed by atoms with Gasteiger partial charge in [0.05, 0.1) is 11.6 Å². The van der Waals surface area contributed by atoms with Crippen LogP contribution in [0.2, 0.25) is 10.0 Å². The highest BCUT2D eigenvalue weighted by atomic mass is 35.5. The molecule has 1 fully saturated rings. The first-order valence-electron chi connectivity index (χ1n) is 9.46. The predicted molar refractivity (Wildman–Crippen MR) is 110 cm³/mol. The van der Waals surface area contributed by atoms with Crippen LogP contribution < -0.4 is 10.5 Å². The second-order valence-electron chi connectivity index (χ2n) is 7.18. The third-order valence-electron chi connectivity index (χ3n) is 5.01. The fourth-order valence-electron chi connectivity index (χ4n) is 3.42. The van der Waals surface area contributed by atoms with E-state index in [9.17, 15) is 18.0 Å². The van der Waals surface area contributed by atoms with Crippen molar-refractivity contribution in [2.45, 2.75) is 37.6 Å². The maximum atomic E-state index is 13.1. The third-order valence-corrected chi connectivity index (χ3v) is 5.60. The van der Waals surface area contributed by atoms with Crippen LogP contribution in [0.1, 0.15) is 24.0 Å². The maximum absolute atomic E-state index is 13.1. The van der Waals surface area contributed by atoms with E-state index in [-0.39, 0.29) is 18.1 Å². The number of hydrogen-bond acceptors (Lipinski definition) is 3. The quantitative estimate of drug-likeness (QED) is 0.686. The second kappa shape index (κ2) is 9.45. The molecule has 0 radical (unpaired) electrons. The van der Waals surface area contributed by atoms with E-state index in [2.05, 4.69) is 0 Å². The predicted octanol–water partition coefficient (Wildman–Crippen LogP) is 4.95. The topological polar surface area (TPSA) is 55.6 Å². The fraction of sp³-hybridized carbons (Fsp3) is 0.381. The number of halogens is 5. The number of carbonyl (C=O) groups excluding carboxylic acids is 1. The van der Waals surface area contributed by atoms with Crippen molar-refractivity contribution in [3.63, 3.8) is 0 Å². The first kappa shape index (κ1) is 22.7. The highest BCUT2D eigenvalue weighted by Crippen LogP contribution is 2.37. The van der Waals surface area contributed by atoms with Crippen LogP contribution in [0.4, 0.5) is 13.2 Å². The zero-order chi connectivity index (χ0) is 21.9. The molecule has 2 N–H and O–H groups in total. The number of likely N-dealkylation sites (tertiary alicyclic amines) is 1. The van der Waals surface area contributed by atoms with Gasteiger partial charge in [0, 0.05) is 36.0 Å². The summed E-state index contributed by atoms with van der Waals surface area (Å²) in [6, 6.07) is 9.37. The minimum absolute atomic E-state index is 0.191. The molecule has 0 bridgehead atoms. The second-order valence-corrected chi connectivity index (χ2v) is 8.03. The molecule has 0 aromatic heterocycles. The summed E-state index contributed by atoms with van der Waals surface area (Å²) in [5, 5.41) is 0.944. The molecule has 4 nitrogen and oxygen atoms in total. The van der Waals surface area contributed by atoms with Gasteiger partial charge in [-0.05, 0) is 36.2 Å². The Morgan fingerprint density at radius 1 is 1.17 bits per heavy atom. The van der Waals surface area contributed by atoms with Crippen molar-refractivity contribution in [3.05, 3.63) is 63.6 Å². The Morgan fingerprint density at radius 2 is 1.83 bits per heavy atom. The number of nitrogens with two attached hydrogens (primary N) is 1. The molecular formula is C21H21Cl2F3N2O2. The van der Waals surface area contributed by atoms with Gasteiger partial charge in [0.2, 0.25) is 5.91 Å². The molecule has 0 aliphatic carbocycles. The van der Waals surface area contributed by atoms with Gasteiger partial charge in [0.25, 0.3) is 0 Å². The van der Waals surface area contributed by atoms with Crippen molar-refractivity contribution in [3.8, 4) is 5.75 Å². The van der Waals surface area contributed by atoms with Gasteiger partial charge in [-0.3, -0.25) is 4.79 Å². The Bertz CT molecular complexity index is 900. The summed E-state index contributed by atoms with van der Waals surface area (Å²) < 4.78 is 45.0. The van der Waals surface area contributed by atoms with Crippen molar-refractivity contribution in [2.75, 3.05) is 13.1 Å². The molecule has 162 valence electrons. The van der Waals surface area contributed by atoms with Gasteiger partial charge < -0.3 is 15.4 Å². The van der Waals surface area contributed by atoms with E-state index in [1.165, 1.54) is 18.2 Å². The van der Waals surface area contributed by atoms with E-state index >= 15 is 0 Å². The van der Waals surface area contributed by atoms with Crippen molar-refractivity contribution >= 4 is 29.1 Å². The third kappa shape index (κ3) is 5.59. The molecule has 1 unspecified atom stereocenters. The Kier molecular flexibility index (Phi) is 7.16. The lowest BCUT2D eigenvalue weighted by atomic mass is 10.0. The number of nitrogens with zero attached hydrogens (tertiary/aromatic N) is 1. The normalized spacial score (nSPS) is 16.4. The number of hydrogen-bond donors (Lipinski definition) is 1. The van der Waals surface area contributed by atoms with Crippen LogP contribution >= 0.6 is 23.2 Å². The van der Waals surface area contributed by atoms with Crippen LogP contribution in [-0.2, 0) is 17.4 Å². The standard InChI is InChI=1S/C21H21Cl2F3N2O2/c22-14-6-5-13(17(23)12-14)11-18(27)20(29)28-9-7-15(8-10-28)30-19-4-2-1-3-16(19)21(24,25)26/h1-6,12,15,18H,7-11,27H2. The molecule has 1 aliphatic rings. The average molecular weight is 461 g/mol. The number of benzene rings is 2. The molecular weight excluding hydrogens is 440 g/mol. The largest absolute Gasteiger partial charge is 0.490 e. The molecule has 1 aliphatic heterocycles. The van der Waals surface area contributed by atoms with Crippen LogP contribution in [0.3, 0.4) is 0 Å². The SMILES string of the molecule is NC(Cc1ccc(Cl)cc1Cl)C(=O)N1CCC(Oc2ccccc2C(F)(F)F)CC1. The van der Waals surface area contributed by atoms with E-state index in [1.807, 2.05) is 0 Å². The number of alkyl halides is 3. The monoisotopic (exact) mass is 460 g/mol. The first-order chi connectivity index (χ1) is 14.1. The Morgan fingerprint density at radius 3 is 2.47 bits per heavy atom. The minimum Gasteiger partial charge on any atom is -0.490 e. The van der Waals surface area contributed by atoms with Gasteiger partial charge in [-0.25, -0.2) is 0 Å². The van der Waals surface area contributed by atoms with Crippen molar-refractivity contribution in [2.24, 2.45) is 5.73 Å². The summed E-state index contributed by atoms with van der Waals surface area (Å²) in [6.07, 6.45) is -3.77. The summed E-state index contributed by atoms with van der Waals surface area (Å²) >= 11 is 12.0. The smallest absolute Gasteiger partial charge is 0.419 e. The molecule has 1 amide bonds. The summed E-state index contributed by atoms with van der Waals surface area (Å²) in [5.41, 5.74) is 6.00. The van der Waals surface area contributed by atoms with E-state index in [0.29, 0.717) is 36.0 Å². The summed E-state index contributed by atoms with van der Waals surface area (Å²) in [4.78, 5) is 14.3. The summed E-state index contributed by atoms with van der Waals surface area (Å²) in [5.74, 6) is -0.418. The number of para-hydroxylation sites is 1. The fourth-order valence-corrected chi connectivity index (χ4v) is 3.91. The van der Waals surface area contributed by atoms with Crippen LogP contribution in [-0.4, -0.2) is 36.0 Å². The molecule has 30 heavy (non-hydrogen) atoms. The van der Waals surface area contributed by atoms with Gasteiger partial charge >= 0.3 is 6.18 Å².